The Morgan fingerprint density at radius 3 is 2.30 bits per heavy atom. The first-order valence-corrected chi connectivity index (χ1v) is 14.3. The summed E-state index contributed by atoms with van der Waals surface area (Å²) in [4.78, 5) is 39.5. The van der Waals surface area contributed by atoms with Gasteiger partial charge >= 0.3 is 11.8 Å². The number of hydrogen-bond donors (Lipinski definition) is 0. The molecular formula is C34H32F3NO5. The van der Waals surface area contributed by atoms with Gasteiger partial charge in [-0.25, -0.2) is 4.79 Å². The molecule has 3 aromatic carbocycles. The number of ether oxygens (including phenoxy) is 1. The van der Waals surface area contributed by atoms with Crippen LogP contribution in [0.3, 0.4) is 0 Å². The van der Waals surface area contributed by atoms with Gasteiger partial charge in [0.2, 0.25) is 11.8 Å². The van der Waals surface area contributed by atoms with Crippen LogP contribution in [0.2, 0.25) is 0 Å². The molecule has 1 aromatic heterocycles. The largest absolute Gasteiger partial charge is 0.493 e. The number of likely N-dealkylation sites (tertiary alicyclic amines) is 1. The van der Waals surface area contributed by atoms with E-state index in [1.54, 1.807) is 6.92 Å². The Balaban J connectivity index is 1.22. The van der Waals surface area contributed by atoms with Crippen LogP contribution in [0.4, 0.5) is 13.2 Å². The highest BCUT2D eigenvalue weighted by Crippen LogP contribution is 2.39. The number of carbonyl (C=O) groups is 2. The summed E-state index contributed by atoms with van der Waals surface area (Å²) in [6.07, 6.45) is -2.66. The van der Waals surface area contributed by atoms with E-state index in [1.807, 2.05) is 61.5 Å². The highest BCUT2D eigenvalue weighted by atomic mass is 19.4. The molecule has 5 rings (SSSR count). The number of alkyl halides is 3. The highest BCUT2D eigenvalue weighted by Gasteiger charge is 2.48. The Hall–Kier alpha value is -4.40. The minimum absolute atomic E-state index is 0.0929. The molecule has 1 fully saturated rings. The fourth-order valence-corrected chi connectivity index (χ4v) is 5.67. The lowest BCUT2D eigenvalue weighted by Gasteiger charge is -2.23. The molecule has 1 saturated heterocycles. The Bertz CT molecular complexity index is 1700. The quantitative estimate of drug-likeness (QED) is 0.110. The van der Waals surface area contributed by atoms with Gasteiger partial charge in [-0.05, 0) is 55.0 Å². The van der Waals surface area contributed by atoms with Crippen molar-refractivity contribution in [3.63, 3.8) is 0 Å². The van der Waals surface area contributed by atoms with Crippen molar-refractivity contribution in [2.45, 2.75) is 57.5 Å². The van der Waals surface area contributed by atoms with Crippen molar-refractivity contribution in [2.24, 2.45) is 0 Å². The smallest absolute Gasteiger partial charge is 0.417 e. The molecule has 9 heteroatoms. The molecule has 43 heavy (non-hydrogen) atoms. The number of nitrogens with zero attached hydrogens (tertiary/aromatic N) is 1. The number of amides is 2. The van der Waals surface area contributed by atoms with Crippen LogP contribution >= 0.6 is 0 Å². The number of hydrogen-bond acceptors (Lipinski definition) is 5. The molecule has 2 amide bonds. The van der Waals surface area contributed by atoms with Crippen LogP contribution in [0.25, 0.3) is 22.1 Å². The molecule has 224 valence electrons. The number of unbranched alkanes of at least 4 members (excludes halogenated alkanes) is 1. The number of benzene rings is 3. The van der Waals surface area contributed by atoms with Gasteiger partial charge in [-0.3, -0.25) is 14.5 Å². The summed E-state index contributed by atoms with van der Waals surface area (Å²) in [5, 5.41) is -0.188. The number of carbonyl (C=O) groups excluding carboxylic acids is 2. The van der Waals surface area contributed by atoms with Crippen LogP contribution < -0.4 is 10.4 Å². The van der Waals surface area contributed by atoms with E-state index in [0.717, 1.165) is 16.7 Å². The second-order valence-corrected chi connectivity index (χ2v) is 11.0. The molecule has 0 spiro atoms. The monoisotopic (exact) mass is 591 g/mol. The average molecular weight is 592 g/mol. The third kappa shape index (κ3) is 6.07. The second-order valence-electron chi connectivity index (χ2n) is 11.0. The Morgan fingerprint density at radius 2 is 1.63 bits per heavy atom. The molecule has 2 heterocycles. The third-order valence-electron chi connectivity index (χ3n) is 7.96. The molecule has 0 bridgehead atoms. The number of aryl methyl sites for hydroxylation is 1. The summed E-state index contributed by atoms with van der Waals surface area (Å²) in [7, 11) is 0. The summed E-state index contributed by atoms with van der Waals surface area (Å²) >= 11 is 0. The maximum absolute atomic E-state index is 13.5. The van der Waals surface area contributed by atoms with Gasteiger partial charge in [0.15, 0.2) is 0 Å². The standard InChI is InChI=1S/C34H32F3NO5/c1-3-9-26-28(17-16-25-27(34(35,36)37)20-30(40)43-31(25)26)42-19-8-7-18-38-29(39)21-33(2,32(38)41)24-14-12-23(13-15-24)22-10-5-4-6-11-22/h4-6,10-17,20H,3,7-9,18-19,21H2,1-2H3. The molecular weight excluding hydrogens is 559 g/mol. The second kappa shape index (κ2) is 12.1. The van der Waals surface area contributed by atoms with Gasteiger partial charge in [-0.2, -0.15) is 13.2 Å². The number of fused-ring (bicyclic) bond motifs is 1. The van der Waals surface area contributed by atoms with Crippen LogP contribution in [-0.2, 0) is 27.6 Å². The molecule has 0 radical (unpaired) electrons. The first-order valence-electron chi connectivity index (χ1n) is 14.3. The average Bonchev–Trinajstić information content (AvgIpc) is 3.21. The fraction of sp³-hybridized carbons (Fsp3) is 0.324. The lowest BCUT2D eigenvalue weighted by atomic mass is 9.80. The topological polar surface area (TPSA) is 76.8 Å². The van der Waals surface area contributed by atoms with E-state index < -0.39 is 22.8 Å². The van der Waals surface area contributed by atoms with Gasteiger partial charge in [0.1, 0.15) is 11.3 Å². The van der Waals surface area contributed by atoms with Crippen molar-refractivity contribution in [3.05, 3.63) is 99.9 Å². The predicted octanol–water partition coefficient (Wildman–Crippen LogP) is 7.31. The zero-order valence-corrected chi connectivity index (χ0v) is 24.0. The first kappa shape index (κ1) is 30.1. The summed E-state index contributed by atoms with van der Waals surface area (Å²) in [5.74, 6) is -0.117. The van der Waals surface area contributed by atoms with Crippen molar-refractivity contribution in [1.29, 1.82) is 0 Å². The van der Waals surface area contributed by atoms with E-state index in [9.17, 15) is 27.6 Å². The van der Waals surface area contributed by atoms with Gasteiger partial charge < -0.3 is 9.15 Å². The molecule has 0 saturated carbocycles. The molecule has 4 aromatic rings. The summed E-state index contributed by atoms with van der Waals surface area (Å²) in [5.41, 5.74) is 0.107. The molecule has 1 atom stereocenters. The normalized spacial score (nSPS) is 17.2. The number of imide groups is 1. The van der Waals surface area contributed by atoms with Gasteiger partial charge in [-0.1, -0.05) is 67.9 Å². The first-order chi connectivity index (χ1) is 20.5. The lowest BCUT2D eigenvalue weighted by Crippen LogP contribution is -2.37. The maximum Gasteiger partial charge on any atom is 0.417 e. The van der Waals surface area contributed by atoms with E-state index in [1.165, 1.54) is 17.0 Å². The SMILES string of the molecule is CCCc1c(OCCCCN2C(=O)CC(C)(c3ccc(-c4ccccc4)cc3)C2=O)ccc2c(C(F)(F)F)cc(=O)oc12. The van der Waals surface area contributed by atoms with Crippen LogP contribution in [0.1, 0.15) is 56.2 Å². The molecule has 6 nitrogen and oxygen atoms in total. The Kier molecular flexibility index (Phi) is 8.44. The Labute approximate surface area is 247 Å². The zero-order valence-electron chi connectivity index (χ0n) is 24.0. The van der Waals surface area contributed by atoms with Gasteiger partial charge in [0, 0.05) is 30.0 Å². The van der Waals surface area contributed by atoms with Crippen LogP contribution in [0.15, 0.2) is 82.0 Å². The predicted molar refractivity (Wildman–Crippen MR) is 157 cm³/mol. The highest BCUT2D eigenvalue weighted by molar-refractivity contribution is 6.08. The lowest BCUT2D eigenvalue weighted by molar-refractivity contribution is -0.140. The van der Waals surface area contributed by atoms with E-state index in [0.29, 0.717) is 43.1 Å². The van der Waals surface area contributed by atoms with Crippen LogP contribution in [0.5, 0.6) is 5.75 Å². The van der Waals surface area contributed by atoms with Crippen molar-refractivity contribution in [3.8, 4) is 16.9 Å². The van der Waals surface area contributed by atoms with Gasteiger partial charge in [-0.15, -0.1) is 0 Å². The van der Waals surface area contributed by atoms with Gasteiger partial charge in [0.25, 0.3) is 0 Å². The molecule has 1 aliphatic heterocycles. The van der Waals surface area contributed by atoms with Crippen molar-refractivity contribution in [1.82, 2.24) is 4.90 Å². The minimum atomic E-state index is -4.70. The van der Waals surface area contributed by atoms with Gasteiger partial charge in [0.05, 0.1) is 17.6 Å². The molecule has 0 N–H and O–H groups in total. The van der Waals surface area contributed by atoms with Crippen molar-refractivity contribution >= 4 is 22.8 Å². The summed E-state index contributed by atoms with van der Waals surface area (Å²) in [6, 6.07) is 20.8. The van der Waals surface area contributed by atoms with Crippen LogP contribution in [0, 0.1) is 0 Å². The zero-order chi connectivity index (χ0) is 30.8. The maximum atomic E-state index is 13.5. The minimum Gasteiger partial charge on any atom is -0.493 e. The number of halogens is 3. The van der Waals surface area contributed by atoms with E-state index >= 15 is 0 Å². The van der Waals surface area contributed by atoms with E-state index in [4.69, 9.17) is 9.15 Å². The third-order valence-corrected chi connectivity index (χ3v) is 7.96. The summed E-state index contributed by atoms with van der Waals surface area (Å²) < 4.78 is 51.8. The van der Waals surface area contributed by atoms with Crippen molar-refractivity contribution in [2.75, 3.05) is 13.2 Å². The Morgan fingerprint density at radius 1 is 0.930 bits per heavy atom. The number of rotatable bonds is 10. The van der Waals surface area contributed by atoms with Crippen LogP contribution in [-0.4, -0.2) is 29.9 Å². The molecule has 0 aliphatic carbocycles. The molecule has 1 aliphatic rings. The van der Waals surface area contributed by atoms with E-state index in [2.05, 4.69) is 0 Å². The fourth-order valence-electron chi connectivity index (χ4n) is 5.67. The molecule has 1 unspecified atom stereocenters. The van der Waals surface area contributed by atoms with E-state index in [-0.39, 0.29) is 42.4 Å². The summed E-state index contributed by atoms with van der Waals surface area (Å²) in [6.45, 7) is 4.11. The van der Waals surface area contributed by atoms with Crippen molar-refractivity contribution < 1.29 is 31.9 Å².